The fourth-order valence-electron chi connectivity index (χ4n) is 2.42. The number of hydrogen-bond acceptors (Lipinski definition) is 6. The summed E-state index contributed by atoms with van der Waals surface area (Å²) in [4.78, 5) is 33.7. The maximum absolute atomic E-state index is 11.7. The Balaban J connectivity index is 3.36. The van der Waals surface area contributed by atoms with E-state index in [-0.39, 0.29) is 23.4 Å². The molecule has 0 aromatic heterocycles. The molecule has 0 saturated carbocycles. The van der Waals surface area contributed by atoms with Crippen LogP contribution in [0.25, 0.3) is 0 Å². The molecule has 0 fully saturated rings. The summed E-state index contributed by atoms with van der Waals surface area (Å²) in [6, 6.07) is -0.0368. The maximum Gasteiger partial charge on any atom is 0.146 e. The van der Waals surface area contributed by atoms with Gasteiger partial charge in [-0.3, -0.25) is 14.4 Å². The minimum atomic E-state index is -0.0368. The quantitative estimate of drug-likeness (QED) is 0.380. The first-order valence-electron chi connectivity index (χ1n) is 9.31. The van der Waals surface area contributed by atoms with Gasteiger partial charge in [0, 0.05) is 19.3 Å². The van der Waals surface area contributed by atoms with Gasteiger partial charge in [-0.25, -0.2) is 0 Å². The molecule has 6 heteroatoms. The molecule has 0 aromatic rings. The Morgan fingerprint density at radius 1 is 0.800 bits per heavy atom. The lowest BCUT2D eigenvalue weighted by molar-refractivity contribution is -0.121. The highest BCUT2D eigenvalue weighted by atomic mass is 16.5. The van der Waals surface area contributed by atoms with Gasteiger partial charge in [0.05, 0.1) is 32.5 Å². The SMILES string of the molecule is CNC(CCCCCCC(=O)CCOCCOCCC(C)=O)C(C)=O. The van der Waals surface area contributed by atoms with Crippen LogP contribution in [0.1, 0.15) is 65.2 Å². The Morgan fingerprint density at radius 2 is 1.40 bits per heavy atom. The molecule has 0 bridgehead atoms. The lowest BCUT2D eigenvalue weighted by atomic mass is 10.0. The highest BCUT2D eigenvalue weighted by molar-refractivity contribution is 5.81. The van der Waals surface area contributed by atoms with Crippen LogP contribution in [0.2, 0.25) is 0 Å². The van der Waals surface area contributed by atoms with Crippen molar-refractivity contribution < 1.29 is 23.9 Å². The molecule has 1 unspecified atom stereocenters. The van der Waals surface area contributed by atoms with Crippen LogP contribution < -0.4 is 5.32 Å². The summed E-state index contributed by atoms with van der Waals surface area (Å²) in [7, 11) is 1.81. The Kier molecular flexibility index (Phi) is 15.6. The minimum absolute atomic E-state index is 0.0368. The third kappa shape index (κ3) is 16.1. The van der Waals surface area contributed by atoms with E-state index in [2.05, 4.69) is 5.32 Å². The second-order valence-electron chi connectivity index (χ2n) is 6.37. The summed E-state index contributed by atoms with van der Waals surface area (Å²) >= 11 is 0. The number of carbonyl (C=O) groups is 3. The van der Waals surface area contributed by atoms with Crippen molar-refractivity contribution in [2.45, 2.75) is 71.3 Å². The van der Waals surface area contributed by atoms with E-state index in [0.29, 0.717) is 45.7 Å². The number of ketones is 3. The highest BCUT2D eigenvalue weighted by Gasteiger charge is 2.10. The van der Waals surface area contributed by atoms with Crippen LogP contribution >= 0.6 is 0 Å². The zero-order valence-electron chi connectivity index (χ0n) is 16.1. The molecule has 0 aliphatic heterocycles. The lowest BCUT2D eigenvalue weighted by Crippen LogP contribution is -2.31. The number of hydrogen-bond donors (Lipinski definition) is 1. The third-order valence-electron chi connectivity index (χ3n) is 4.03. The summed E-state index contributed by atoms with van der Waals surface area (Å²) in [6.07, 6.45) is 6.31. The molecule has 0 spiro atoms. The van der Waals surface area contributed by atoms with E-state index in [9.17, 15) is 14.4 Å². The van der Waals surface area contributed by atoms with Crippen LogP contribution in [0.15, 0.2) is 0 Å². The number of carbonyl (C=O) groups excluding carboxylic acids is 3. The van der Waals surface area contributed by atoms with Gasteiger partial charge in [-0.1, -0.05) is 19.3 Å². The Labute approximate surface area is 152 Å². The molecule has 0 amide bonds. The van der Waals surface area contributed by atoms with Crippen LogP contribution in [0.3, 0.4) is 0 Å². The fraction of sp³-hybridized carbons (Fsp3) is 0.842. The van der Waals surface area contributed by atoms with Crippen LogP contribution in [-0.2, 0) is 23.9 Å². The number of likely N-dealkylation sites (N-methyl/N-ethyl adjacent to an activating group) is 1. The maximum atomic E-state index is 11.7. The molecule has 0 heterocycles. The molecule has 146 valence electrons. The number of Topliss-reactive ketones (excluding diaryl/α,β-unsaturated/α-hetero) is 3. The predicted molar refractivity (Wildman–Crippen MR) is 97.8 cm³/mol. The van der Waals surface area contributed by atoms with E-state index in [1.54, 1.807) is 6.92 Å². The molecule has 0 rings (SSSR count). The standard InChI is InChI=1S/C19H35NO5/c1-16(21)10-12-24-14-15-25-13-11-18(23)8-6-4-5-7-9-19(20-3)17(2)22/h19-20H,4-15H2,1-3H3. The first-order chi connectivity index (χ1) is 12.0. The molecule has 6 nitrogen and oxygen atoms in total. The normalized spacial score (nSPS) is 12.1. The van der Waals surface area contributed by atoms with Crippen molar-refractivity contribution in [2.75, 3.05) is 33.5 Å². The number of unbranched alkanes of at least 4 members (excludes halogenated alkanes) is 3. The van der Waals surface area contributed by atoms with Crippen LogP contribution in [0.4, 0.5) is 0 Å². The molecule has 0 radical (unpaired) electrons. The Bertz CT molecular complexity index is 384. The molecule has 0 aromatic carbocycles. The summed E-state index contributed by atoms with van der Waals surface area (Å²) in [5, 5.41) is 3.02. The summed E-state index contributed by atoms with van der Waals surface area (Å²) < 4.78 is 10.6. The molecule has 0 saturated heterocycles. The van der Waals surface area contributed by atoms with Crippen molar-refractivity contribution in [2.24, 2.45) is 0 Å². The number of nitrogens with one attached hydrogen (secondary N) is 1. The van der Waals surface area contributed by atoms with Gasteiger partial charge < -0.3 is 14.8 Å². The van der Waals surface area contributed by atoms with E-state index in [4.69, 9.17) is 9.47 Å². The largest absolute Gasteiger partial charge is 0.379 e. The zero-order chi connectivity index (χ0) is 18.9. The number of rotatable bonds is 18. The molecule has 1 atom stereocenters. The molecule has 1 N–H and O–H groups in total. The first kappa shape index (κ1) is 23.9. The highest BCUT2D eigenvalue weighted by Crippen LogP contribution is 2.09. The Morgan fingerprint density at radius 3 is 1.96 bits per heavy atom. The predicted octanol–water partition coefficient (Wildman–Crippen LogP) is 2.48. The van der Waals surface area contributed by atoms with Crippen molar-refractivity contribution in [3.8, 4) is 0 Å². The van der Waals surface area contributed by atoms with E-state index >= 15 is 0 Å². The van der Waals surface area contributed by atoms with Crippen LogP contribution in [0, 0.1) is 0 Å². The average Bonchev–Trinajstić information content (AvgIpc) is 2.55. The van der Waals surface area contributed by atoms with Crippen LogP contribution in [-0.4, -0.2) is 56.9 Å². The Hall–Kier alpha value is -1.11. The van der Waals surface area contributed by atoms with Gasteiger partial charge in [-0.05, 0) is 33.7 Å². The smallest absolute Gasteiger partial charge is 0.146 e. The van der Waals surface area contributed by atoms with E-state index in [1.165, 1.54) is 6.92 Å². The second kappa shape index (κ2) is 16.4. The topological polar surface area (TPSA) is 81.7 Å². The van der Waals surface area contributed by atoms with Crippen molar-refractivity contribution in [3.05, 3.63) is 0 Å². The van der Waals surface area contributed by atoms with E-state index < -0.39 is 0 Å². The monoisotopic (exact) mass is 357 g/mol. The van der Waals surface area contributed by atoms with Crippen molar-refractivity contribution in [1.82, 2.24) is 5.32 Å². The zero-order valence-corrected chi connectivity index (χ0v) is 16.1. The molecule has 0 aliphatic rings. The van der Waals surface area contributed by atoms with Crippen molar-refractivity contribution in [3.63, 3.8) is 0 Å². The van der Waals surface area contributed by atoms with Gasteiger partial charge in [-0.15, -0.1) is 0 Å². The molecular formula is C19H35NO5. The van der Waals surface area contributed by atoms with Crippen molar-refractivity contribution >= 4 is 17.3 Å². The summed E-state index contributed by atoms with van der Waals surface area (Å²) in [5.41, 5.74) is 0. The van der Waals surface area contributed by atoms with Gasteiger partial charge >= 0.3 is 0 Å². The van der Waals surface area contributed by atoms with Gasteiger partial charge in [0.1, 0.15) is 17.3 Å². The van der Waals surface area contributed by atoms with Gasteiger partial charge in [-0.2, -0.15) is 0 Å². The third-order valence-corrected chi connectivity index (χ3v) is 4.03. The van der Waals surface area contributed by atoms with Gasteiger partial charge in [0.2, 0.25) is 0 Å². The summed E-state index contributed by atoms with van der Waals surface area (Å²) in [6.45, 7) is 4.91. The lowest BCUT2D eigenvalue weighted by Gasteiger charge is -2.11. The molecule has 25 heavy (non-hydrogen) atoms. The molecular weight excluding hydrogens is 322 g/mol. The molecule has 0 aliphatic carbocycles. The first-order valence-corrected chi connectivity index (χ1v) is 9.31. The van der Waals surface area contributed by atoms with Crippen molar-refractivity contribution in [1.29, 1.82) is 0 Å². The van der Waals surface area contributed by atoms with Gasteiger partial charge in [0.15, 0.2) is 0 Å². The second-order valence-corrected chi connectivity index (χ2v) is 6.37. The van der Waals surface area contributed by atoms with Crippen LogP contribution in [0.5, 0.6) is 0 Å². The van der Waals surface area contributed by atoms with E-state index in [1.807, 2.05) is 7.05 Å². The number of ether oxygens (including phenoxy) is 2. The van der Waals surface area contributed by atoms with Gasteiger partial charge in [0.25, 0.3) is 0 Å². The summed E-state index contributed by atoms with van der Waals surface area (Å²) in [5.74, 6) is 0.531. The average molecular weight is 357 g/mol. The minimum Gasteiger partial charge on any atom is -0.379 e. The van der Waals surface area contributed by atoms with E-state index in [0.717, 1.165) is 32.1 Å². The fourth-order valence-corrected chi connectivity index (χ4v) is 2.42.